The third-order valence-corrected chi connectivity index (χ3v) is 7.24. The summed E-state index contributed by atoms with van der Waals surface area (Å²) in [6, 6.07) is 35.9. The van der Waals surface area contributed by atoms with Crippen LogP contribution in [-0.4, -0.2) is 17.4 Å². The molecule has 0 bridgehead atoms. The zero-order chi connectivity index (χ0) is 23.4. The van der Waals surface area contributed by atoms with Crippen molar-refractivity contribution in [1.29, 1.82) is 0 Å². The van der Waals surface area contributed by atoms with Gasteiger partial charge in [0.2, 0.25) is 0 Å². The van der Waals surface area contributed by atoms with Crippen LogP contribution < -0.4 is 0 Å². The minimum atomic E-state index is -0.534. The lowest BCUT2D eigenvalue weighted by Crippen LogP contribution is -2.26. The maximum Gasteiger partial charge on any atom is 0.128 e. The number of nitrogens with zero attached hydrogens (tertiary/aromatic N) is 1. The molecule has 0 heterocycles. The van der Waals surface area contributed by atoms with Gasteiger partial charge in [0, 0.05) is 28.8 Å². The lowest BCUT2D eigenvalue weighted by Gasteiger charge is -2.33. The van der Waals surface area contributed by atoms with Crippen molar-refractivity contribution in [2.45, 2.75) is 44.1 Å². The normalized spacial score (nSPS) is 14.6. The molecular weight excluding hydrogens is 414 g/mol. The molecular formula is C32H31NO. The SMILES string of the molecule is CC(c1ccccc1)(c1ccccc1)c1cc(-c2ccccc2)cc(C=NC2CCCC2)c1O. The van der Waals surface area contributed by atoms with E-state index >= 15 is 0 Å². The van der Waals surface area contributed by atoms with Crippen molar-refractivity contribution >= 4 is 6.21 Å². The van der Waals surface area contributed by atoms with Gasteiger partial charge in [0.1, 0.15) is 5.75 Å². The molecule has 1 aliphatic rings. The lowest BCUT2D eigenvalue weighted by molar-refractivity contribution is 0.456. The molecule has 0 spiro atoms. The first-order valence-electron chi connectivity index (χ1n) is 12.2. The molecule has 0 radical (unpaired) electrons. The summed E-state index contributed by atoms with van der Waals surface area (Å²) in [7, 11) is 0. The maximum atomic E-state index is 11.7. The second-order valence-electron chi connectivity index (χ2n) is 9.40. The molecule has 2 nitrogen and oxygen atoms in total. The van der Waals surface area contributed by atoms with E-state index in [0.717, 1.165) is 46.2 Å². The van der Waals surface area contributed by atoms with Gasteiger partial charge in [0.05, 0.1) is 0 Å². The zero-order valence-corrected chi connectivity index (χ0v) is 19.7. The molecule has 4 aromatic rings. The van der Waals surface area contributed by atoms with Crippen LogP contribution in [-0.2, 0) is 5.41 Å². The molecule has 0 aromatic heterocycles. The minimum absolute atomic E-state index is 0.302. The van der Waals surface area contributed by atoms with E-state index in [0.29, 0.717) is 11.8 Å². The first-order valence-corrected chi connectivity index (χ1v) is 12.2. The Morgan fingerprint density at radius 1 is 0.735 bits per heavy atom. The van der Waals surface area contributed by atoms with E-state index in [4.69, 9.17) is 4.99 Å². The molecule has 0 atom stereocenters. The van der Waals surface area contributed by atoms with Gasteiger partial charge in [-0.15, -0.1) is 0 Å². The summed E-state index contributed by atoms with van der Waals surface area (Å²) in [6.45, 7) is 2.21. The molecule has 0 aliphatic heterocycles. The number of phenols is 1. The second-order valence-corrected chi connectivity index (χ2v) is 9.40. The molecule has 1 aliphatic carbocycles. The van der Waals surface area contributed by atoms with E-state index in [1.807, 2.05) is 24.4 Å². The first-order chi connectivity index (χ1) is 16.7. The highest BCUT2D eigenvalue weighted by molar-refractivity contribution is 5.88. The molecule has 1 fully saturated rings. The van der Waals surface area contributed by atoms with Crippen molar-refractivity contribution in [3.05, 3.63) is 125 Å². The van der Waals surface area contributed by atoms with Crippen LogP contribution in [0.15, 0.2) is 108 Å². The Hall–Kier alpha value is -3.65. The maximum absolute atomic E-state index is 11.7. The highest BCUT2D eigenvalue weighted by Crippen LogP contribution is 2.45. The van der Waals surface area contributed by atoms with Gasteiger partial charge in [-0.25, -0.2) is 0 Å². The molecule has 1 N–H and O–H groups in total. The Morgan fingerprint density at radius 2 is 1.26 bits per heavy atom. The molecule has 0 saturated heterocycles. The van der Waals surface area contributed by atoms with Gasteiger partial charge in [-0.3, -0.25) is 4.99 Å². The van der Waals surface area contributed by atoms with Crippen molar-refractivity contribution in [3.8, 4) is 16.9 Å². The largest absolute Gasteiger partial charge is 0.507 e. The smallest absolute Gasteiger partial charge is 0.128 e. The number of phenolic OH excluding ortho intramolecular Hbond substituents is 1. The molecule has 0 unspecified atom stereocenters. The van der Waals surface area contributed by atoms with Crippen LogP contribution in [0.25, 0.3) is 11.1 Å². The number of aromatic hydroxyl groups is 1. The molecule has 170 valence electrons. The second kappa shape index (κ2) is 9.69. The van der Waals surface area contributed by atoms with Crippen molar-refractivity contribution in [1.82, 2.24) is 0 Å². The number of aliphatic imine (C=N–C) groups is 1. The summed E-state index contributed by atoms with van der Waals surface area (Å²) >= 11 is 0. The van der Waals surface area contributed by atoms with Crippen LogP contribution in [0.5, 0.6) is 5.75 Å². The highest BCUT2D eigenvalue weighted by atomic mass is 16.3. The quantitative estimate of drug-likeness (QED) is 0.239. The summed E-state index contributed by atoms with van der Waals surface area (Å²) in [5.41, 5.74) is 5.62. The first kappa shape index (κ1) is 22.2. The molecule has 2 heteroatoms. The fraction of sp³-hybridized carbons (Fsp3) is 0.219. The van der Waals surface area contributed by atoms with Crippen molar-refractivity contribution in [2.75, 3.05) is 0 Å². The predicted molar refractivity (Wildman–Crippen MR) is 142 cm³/mol. The summed E-state index contributed by atoms with van der Waals surface area (Å²) in [6.07, 6.45) is 6.65. The van der Waals surface area contributed by atoms with Gasteiger partial charge < -0.3 is 5.11 Å². The highest BCUT2D eigenvalue weighted by Gasteiger charge is 2.34. The van der Waals surface area contributed by atoms with Crippen LogP contribution in [0.1, 0.15) is 54.9 Å². The van der Waals surface area contributed by atoms with Crippen LogP contribution in [0.2, 0.25) is 0 Å². The third kappa shape index (κ3) is 4.28. The topological polar surface area (TPSA) is 32.6 Å². The van der Waals surface area contributed by atoms with E-state index in [9.17, 15) is 5.11 Å². The minimum Gasteiger partial charge on any atom is -0.507 e. The van der Waals surface area contributed by atoms with Gasteiger partial charge in [-0.05, 0) is 54.2 Å². The van der Waals surface area contributed by atoms with Crippen LogP contribution in [0, 0.1) is 0 Å². The Morgan fingerprint density at radius 3 is 1.82 bits per heavy atom. The summed E-state index contributed by atoms with van der Waals surface area (Å²) in [4.78, 5) is 4.87. The molecule has 4 aromatic carbocycles. The van der Waals surface area contributed by atoms with Gasteiger partial charge in [0.15, 0.2) is 0 Å². The molecule has 5 rings (SSSR count). The average molecular weight is 446 g/mol. The van der Waals surface area contributed by atoms with E-state index in [2.05, 4.69) is 91.9 Å². The van der Waals surface area contributed by atoms with Gasteiger partial charge in [-0.2, -0.15) is 0 Å². The Balaban J connectivity index is 1.74. The number of benzene rings is 4. The predicted octanol–water partition coefficient (Wildman–Crippen LogP) is 7.78. The summed E-state index contributed by atoms with van der Waals surface area (Å²) in [5, 5.41) is 11.7. The monoisotopic (exact) mass is 445 g/mol. The molecule has 0 amide bonds. The standard InChI is InChI=1S/C32H31NO/c1-32(27-15-7-3-8-16-27,28-17-9-4-10-18-28)30-22-25(24-13-5-2-6-14-24)21-26(31(30)34)23-33-29-19-11-12-20-29/h2-10,13-18,21-23,29,34H,11-12,19-20H2,1H3. The number of rotatable bonds is 6. The number of hydrogen-bond acceptors (Lipinski definition) is 2. The summed E-state index contributed by atoms with van der Waals surface area (Å²) < 4.78 is 0. The lowest BCUT2D eigenvalue weighted by atomic mass is 9.70. The Bertz CT molecular complexity index is 1220. The van der Waals surface area contributed by atoms with Crippen LogP contribution in [0.3, 0.4) is 0 Å². The molecule has 1 saturated carbocycles. The Kier molecular flexibility index (Phi) is 6.31. The van der Waals surface area contributed by atoms with Gasteiger partial charge in [0.25, 0.3) is 0 Å². The van der Waals surface area contributed by atoms with Gasteiger partial charge in [-0.1, -0.05) is 104 Å². The van der Waals surface area contributed by atoms with Crippen molar-refractivity contribution < 1.29 is 5.11 Å². The Labute approximate surface area is 202 Å². The summed E-state index contributed by atoms with van der Waals surface area (Å²) in [5.74, 6) is 0.302. The van der Waals surface area contributed by atoms with Crippen molar-refractivity contribution in [2.24, 2.45) is 4.99 Å². The fourth-order valence-corrected chi connectivity index (χ4v) is 5.19. The van der Waals surface area contributed by atoms with E-state index < -0.39 is 5.41 Å². The van der Waals surface area contributed by atoms with Gasteiger partial charge >= 0.3 is 0 Å². The van der Waals surface area contributed by atoms with E-state index in [-0.39, 0.29) is 0 Å². The van der Waals surface area contributed by atoms with Crippen molar-refractivity contribution in [3.63, 3.8) is 0 Å². The third-order valence-electron chi connectivity index (χ3n) is 7.24. The zero-order valence-electron chi connectivity index (χ0n) is 19.7. The van der Waals surface area contributed by atoms with E-state index in [1.54, 1.807) is 0 Å². The average Bonchev–Trinajstić information content (AvgIpc) is 3.43. The molecule has 34 heavy (non-hydrogen) atoms. The number of hydrogen-bond donors (Lipinski definition) is 1. The van der Waals surface area contributed by atoms with Crippen LogP contribution in [0.4, 0.5) is 0 Å². The van der Waals surface area contributed by atoms with Crippen LogP contribution >= 0.6 is 0 Å². The fourth-order valence-electron chi connectivity index (χ4n) is 5.19. The van der Waals surface area contributed by atoms with E-state index in [1.165, 1.54) is 12.8 Å².